The lowest BCUT2D eigenvalue weighted by Crippen LogP contribution is -2.44. The highest BCUT2D eigenvalue weighted by atomic mass is 16.5. The van der Waals surface area contributed by atoms with Gasteiger partial charge in [0.25, 0.3) is 5.56 Å². The first-order valence-corrected chi connectivity index (χ1v) is 11.5. The van der Waals surface area contributed by atoms with Crippen molar-refractivity contribution in [1.29, 1.82) is 0 Å². The van der Waals surface area contributed by atoms with Crippen molar-refractivity contribution < 1.29 is 9.53 Å². The molecule has 0 saturated carbocycles. The molecule has 10 heteroatoms. The van der Waals surface area contributed by atoms with Crippen molar-refractivity contribution in [3.63, 3.8) is 0 Å². The highest BCUT2D eigenvalue weighted by Gasteiger charge is 2.23. The van der Waals surface area contributed by atoms with Gasteiger partial charge in [-0.25, -0.2) is 9.67 Å². The average molecular weight is 474 g/mol. The van der Waals surface area contributed by atoms with Gasteiger partial charge in [-0.15, -0.1) is 0 Å². The summed E-state index contributed by atoms with van der Waals surface area (Å²) in [5.41, 5.74) is 2.23. The second-order valence-corrected chi connectivity index (χ2v) is 8.64. The largest absolute Gasteiger partial charge is 0.480 e. The number of methoxy groups -OCH3 is 1. The van der Waals surface area contributed by atoms with E-state index in [-0.39, 0.29) is 17.5 Å². The van der Waals surface area contributed by atoms with Crippen molar-refractivity contribution in [2.45, 2.75) is 25.8 Å². The molecule has 1 aromatic carbocycles. The van der Waals surface area contributed by atoms with Gasteiger partial charge in [0.1, 0.15) is 22.7 Å². The number of fused-ring (bicyclic) bond motifs is 1. The van der Waals surface area contributed by atoms with Gasteiger partial charge in [-0.05, 0) is 25.0 Å². The summed E-state index contributed by atoms with van der Waals surface area (Å²) in [6.45, 7) is 3.10. The monoisotopic (exact) mass is 473 g/mol. The zero-order valence-corrected chi connectivity index (χ0v) is 19.9. The zero-order chi connectivity index (χ0) is 24.5. The summed E-state index contributed by atoms with van der Waals surface area (Å²) in [6, 6.07) is 13.5. The number of ether oxygens (including phenoxy) is 1. The summed E-state index contributed by atoms with van der Waals surface area (Å²) in [5.74, 6) is 1.52. The number of aromatic amines is 1. The number of aryl methyl sites for hydroxylation is 1. The predicted molar refractivity (Wildman–Crippen MR) is 133 cm³/mol. The van der Waals surface area contributed by atoms with Crippen LogP contribution in [0.15, 0.2) is 47.3 Å². The minimum Gasteiger partial charge on any atom is -0.480 e. The Hall–Kier alpha value is -4.21. The molecule has 35 heavy (non-hydrogen) atoms. The smallest absolute Gasteiger partial charge is 0.262 e. The Morgan fingerprint density at radius 2 is 1.86 bits per heavy atom. The van der Waals surface area contributed by atoms with E-state index in [1.54, 1.807) is 25.8 Å². The molecule has 0 radical (unpaired) electrons. The molecule has 2 N–H and O–H groups in total. The summed E-state index contributed by atoms with van der Waals surface area (Å²) < 4.78 is 7.20. The topological polar surface area (TPSA) is 118 Å². The van der Waals surface area contributed by atoms with Gasteiger partial charge in [-0.2, -0.15) is 10.1 Å². The van der Waals surface area contributed by atoms with Crippen LogP contribution in [0.25, 0.3) is 33.7 Å². The minimum atomic E-state index is -0.275. The fourth-order valence-corrected chi connectivity index (χ4v) is 4.56. The molecule has 0 aliphatic carbocycles. The van der Waals surface area contributed by atoms with Gasteiger partial charge in [0.2, 0.25) is 11.8 Å². The van der Waals surface area contributed by atoms with Crippen LogP contribution >= 0.6 is 0 Å². The number of nitrogens with one attached hydrogen (secondary N) is 2. The van der Waals surface area contributed by atoms with Crippen molar-refractivity contribution in [3.8, 4) is 28.5 Å². The van der Waals surface area contributed by atoms with E-state index in [1.807, 2.05) is 42.5 Å². The van der Waals surface area contributed by atoms with Gasteiger partial charge in [0, 0.05) is 38.7 Å². The minimum absolute atomic E-state index is 0.00429. The third kappa shape index (κ3) is 4.34. The van der Waals surface area contributed by atoms with Crippen LogP contribution in [0.2, 0.25) is 0 Å². The lowest BCUT2D eigenvalue weighted by Gasteiger charge is -2.33. The molecule has 0 atom stereocenters. The van der Waals surface area contributed by atoms with Crippen LogP contribution in [-0.4, -0.2) is 56.9 Å². The molecule has 5 rings (SSSR count). The van der Waals surface area contributed by atoms with E-state index in [1.165, 1.54) is 0 Å². The standard InChI is InChI=1S/C25H27N7O3/c1-15(33)26-17-11-13-32(14-12-17)19-10-9-18(25(27-19)35-3)22-28-23-20(24(34)29-22)21(30-31(23)2)16-7-5-4-6-8-16/h4-10,17H,11-14H2,1-3H3,(H,26,33)(H,28,29,34). The molecule has 1 aliphatic rings. The van der Waals surface area contributed by atoms with Crippen LogP contribution in [0.4, 0.5) is 5.82 Å². The first-order valence-electron chi connectivity index (χ1n) is 11.5. The van der Waals surface area contributed by atoms with Crippen LogP contribution in [0.1, 0.15) is 19.8 Å². The molecule has 10 nitrogen and oxygen atoms in total. The number of hydrogen-bond acceptors (Lipinski definition) is 7. The number of piperidine rings is 1. The van der Waals surface area contributed by atoms with Crippen LogP contribution < -0.4 is 20.5 Å². The number of hydrogen-bond donors (Lipinski definition) is 2. The van der Waals surface area contributed by atoms with Crippen molar-refractivity contribution in [3.05, 3.63) is 52.8 Å². The normalized spacial score (nSPS) is 14.3. The first kappa shape index (κ1) is 22.6. The Morgan fingerprint density at radius 1 is 1.11 bits per heavy atom. The number of aromatic nitrogens is 5. The Balaban J connectivity index is 1.48. The van der Waals surface area contributed by atoms with Crippen molar-refractivity contribution >= 4 is 22.8 Å². The molecular weight excluding hydrogens is 446 g/mol. The third-order valence-corrected chi connectivity index (χ3v) is 6.26. The number of anilines is 1. The predicted octanol–water partition coefficient (Wildman–Crippen LogP) is 2.50. The number of pyridine rings is 1. The molecule has 0 spiro atoms. The third-order valence-electron chi connectivity index (χ3n) is 6.26. The average Bonchev–Trinajstić information content (AvgIpc) is 3.21. The maximum absolute atomic E-state index is 13.2. The lowest BCUT2D eigenvalue weighted by molar-refractivity contribution is -0.119. The van der Waals surface area contributed by atoms with Crippen LogP contribution in [0.3, 0.4) is 0 Å². The molecule has 1 amide bonds. The molecule has 4 aromatic rings. The Bertz CT molecular complexity index is 1440. The Morgan fingerprint density at radius 3 is 2.54 bits per heavy atom. The number of nitrogens with zero attached hydrogens (tertiary/aromatic N) is 5. The maximum atomic E-state index is 13.2. The molecule has 1 aliphatic heterocycles. The van der Waals surface area contributed by atoms with Crippen molar-refractivity contribution in [2.75, 3.05) is 25.1 Å². The highest BCUT2D eigenvalue weighted by Crippen LogP contribution is 2.31. The fraction of sp³-hybridized carbons (Fsp3) is 0.320. The molecule has 0 bridgehead atoms. The van der Waals surface area contributed by atoms with Crippen molar-refractivity contribution in [1.82, 2.24) is 30.0 Å². The summed E-state index contributed by atoms with van der Waals surface area (Å²) in [5, 5.41) is 7.97. The number of carbonyl (C=O) groups is 1. The Kier molecular flexibility index (Phi) is 5.94. The van der Waals surface area contributed by atoms with Gasteiger partial charge in [0.15, 0.2) is 5.65 Å². The molecule has 4 heterocycles. The summed E-state index contributed by atoms with van der Waals surface area (Å²) in [7, 11) is 3.32. The SMILES string of the molecule is COc1nc(N2CCC(NC(C)=O)CC2)ccc1-c1nc2c(c(-c3ccccc3)nn2C)c(=O)[nH]1. The first-order chi connectivity index (χ1) is 16.9. The maximum Gasteiger partial charge on any atom is 0.262 e. The second-order valence-electron chi connectivity index (χ2n) is 8.64. The summed E-state index contributed by atoms with van der Waals surface area (Å²) in [6.07, 6.45) is 1.70. The number of benzene rings is 1. The quantitative estimate of drug-likeness (QED) is 0.457. The molecule has 180 valence electrons. The number of rotatable bonds is 5. The Labute approximate surface area is 202 Å². The summed E-state index contributed by atoms with van der Waals surface area (Å²) >= 11 is 0. The van der Waals surface area contributed by atoms with Gasteiger partial charge >= 0.3 is 0 Å². The molecule has 0 unspecified atom stereocenters. The van der Waals surface area contributed by atoms with E-state index in [0.29, 0.717) is 34.0 Å². The second kappa shape index (κ2) is 9.21. The molecule has 1 fully saturated rings. The highest BCUT2D eigenvalue weighted by molar-refractivity contribution is 5.91. The van der Waals surface area contributed by atoms with Crippen LogP contribution in [-0.2, 0) is 11.8 Å². The molecule has 1 saturated heterocycles. The number of H-pyrrole nitrogens is 1. The van der Waals surface area contributed by atoms with E-state index < -0.39 is 0 Å². The van der Waals surface area contributed by atoms with Gasteiger partial charge < -0.3 is 19.9 Å². The van der Waals surface area contributed by atoms with E-state index in [4.69, 9.17) is 14.7 Å². The fourth-order valence-electron chi connectivity index (χ4n) is 4.56. The molecular formula is C25H27N7O3. The van der Waals surface area contributed by atoms with Gasteiger partial charge in [-0.3, -0.25) is 9.59 Å². The zero-order valence-electron chi connectivity index (χ0n) is 19.9. The number of carbonyl (C=O) groups excluding carboxylic acids is 1. The van der Waals surface area contributed by atoms with E-state index in [2.05, 4.69) is 20.3 Å². The van der Waals surface area contributed by atoms with E-state index in [9.17, 15) is 9.59 Å². The van der Waals surface area contributed by atoms with Crippen LogP contribution in [0.5, 0.6) is 5.88 Å². The van der Waals surface area contributed by atoms with Crippen LogP contribution in [0, 0.1) is 0 Å². The van der Waals surface area contributed by atoms with E-state index >= 15 is 0 Å². The number of amides is 1. The van der Waals surface area contributed by atoms with E-state index in [0.717, 1.165) is 37.3 Å². The molecule has 3 aromatic heterocycles. The van der Waals surface area contributed by atoms with Gasteiger partial charge in [-0.1, -0.05) is 30.3 Å². The summed E-state index contributed by atoms with van der Waals surface area (Å²) in [4.78, 5) is 38.9. The van der Waals surface area contributed by atoms with Gasteiger partial charge in [0.05, 0.1) is 12.7 Å². The van der Waals surface area contributed by atoms with Crippen molar-refractivity contribution in [2.24, 2.45) is 7.05 Å². The lowest BCUT2D eigenvalue weighted by atomic mass is 10.0.